The average Bonchev–Trinajstić information content (AvgIpc) is 2.41. The summed E-state index contributed by atoms with van der Waals surface area (Å²) in [7, 11) is 0. The number of nitrogens with zero attached hydrogens (tertiary/aromatic N) is 2. The molecule has 0 aliphatic carbocycles. The third kappa shape index (κ3) is 2.47. The van der Waals surface area contributed by atoms with Crippen LogP contribution in [0.5, 0.6) is 0 Å². The highest BCUT2D eigenvalue weighted by Crippen LogP contribution is 2.10. The predicted octanol–water partition coefficient (Wildman–Crippen LogP) is 0.836. The summed E-state index contributed by atoms with van der Waals surface area (Å²) >= 11 is 0. The van der Waals surface area contributed by atoms with E-state index in [2.05, 4.69) is 21.4 Å². The van der Waals surface area contributed by atoms with Gasteiger partial charge in [-0.05, 0) is 17.7 Å². The van der Waals surface area contributed by atoms with Gasteiger partial charge in [-0.15, -0.1) is 0 Å². The quantitative estimate of drug-likeness (QED) is 0.737. The van der Waals surface area contributed by atoms with Gasteiger partial charge in [-0.2, -0.15) is 5.26 Å². The number of aromatic amines is 1. The summed E-state index contributed by atoms with van der Waals surface area (Å²) in [5, 5.41) is 11.7. The number of nitrogens with one attached hydrogen (secondary N) is 2. The van der Waals surface area contributed by atoms with E-state index in [-0.39, 0.29) is 11.2 Å². The van der Waals surface area contributed by atoms with E-state index in [1.54, 1.807) is 18.2 Å². The molecule has 2 rings (SSSR count). The van der Waals surface area contributed by atoms with Crippen LogP contribution >= 0.6 is 0 Å². The highest BCUT2D eigenvalue weighted by molar-refractivity contribution is 5.59. The molecule has 1 aromatic carbocycles. The van der Waals surface area contributed by atoms with Crippen LogP contribution < -0.4 is 16.6 Å². The molecule has 6 heteroatoms. The molecule has 1 heterocycles. The lowest BCUT2D eigenvalue weighted by atomic mass is 10.1. The van der Waals surface area contributed by atoms with E-state index in [1.807, 2.05) is 6.07 Å². The molecule has 4 N–H and O–H groups in total. The molecule has 0 fully saturated rings. The topological polar surface area (TPSA) is 108 Å². The van der Waals surface area contributed by atoms with Gasteiger partial charge in [0.15, 0.2) is 5.82 Å². The van der Waals surface area contributed by atoms with E-state index >= 15 is 0 Å². The molecule has 6 nitrogen and oxygen atoms in total. The van der Waals surface area contributed by atoms with Crippen molar-refractivity contribution in [2.45, 2.75) is 6.54 Å². The first-order valence-electron chi connectivity index (χ1n) is 5.27. The van der Waals surface area contributed by atoms with Crippen LogP contribution in [0.25, 0.3) is 0 Å². The van der Waals surface area contributed by atoms with Crippen LogP contribution in [0.4, 0.5) is 11.5 Å². The largest absolute Gasteiger partial charge is 0.391 e. The van der Waals surface area contributed by atoms with Crippen molar-refractivity contribution < 1.29 is 0 Å². The van der Waals surface area contributed by atoms with Gasteiger partial charge in [0.1, 0.15) is 5.69 Å². The lowest BCUT2D eigenvalue weighted by Crippen LogP contribution is -2.16. The third-order valence-corrected chi connectivity index (χ3v) is 2.41. The van der Waals surface area contributed by atoms with E-state index < -0.39 is 0 Å². The van der Waals surface area contributed by atoms with Crippen LogP contribution in [0.1, 0.15) is 11.1 Å². The van der Waals surface area contributed by atoms with Crippen molar-refractivity contribution in [1.29, 1.82) is 5.26 Å². The Labute approximate surface area is 103 Å². The van der Waals surface area contributed by atoms with Crippen LogP contribution in [-0.4, -0.2) is 9.97 Å². The lowest BCUT2D eigenvalue weighted by molar-refractivity contribution is 1.06. The smallest absolute Gasteiger partial charge is 0.276 e. The van der Waals surface area contributed by atoms with Gasteiger partial charge in [0.2, 0.25) is 0 Å². The summed E-state index contributed by atoms with van der Waals surface area (Å²) in [5.74, 6) is 0.334. The maximum atomic E-state index is 11.2. The lowest BCUT2D eigenvalue weighted by Gasteiger charge is -2.07. The Morgan fingerprint density at radius 2 is 2.33 bits per heavy atom. The van der Waals surface area contributed by atoms with Gasteiger partial charge in [-0.1, -0.05) is 12.1 Å². The number of nitriles is 1. The fourth-order valence-electron chi connectivity index (χ4n) is 1.49. The second-order valence-corrected chi connectivity index (χ2v) is 3.66. The fraction of sp³-hybridized carbons (Fsp3) is 0.0833. The molecule has 0 atom stereocenters. The van der Waals surface area contributed by atoms with E-state index in [0.29, 0.717) is 17.9 Å². The van der Waals surface area contributed by atoms with Crippen LogP contribution in [0.2, 0.25) is 0 Å². The normalized spacial score (nSPS) is 9.72. The van der Waals surface area contributed by atoms with Gasteiger partial charge in [0, 0.05) is 6.54 Å². The third-order valence-electron chi connectivity index (χ3n) is 2.41. The molecule has 0 radical (unpaired) electrons. The average molecular weight is 241 g/mol. The van der Waals surface area contributed by atoms with Gasteiger partial charge in [0.25, 0.3) is 5.56 Å². The second-order valence-electron chi connectivity index (χ2n) is 3.66. The Morgan fingerprint density at radius 3 is 3.11 bits per heavy atom. The van der Waals surface area contributed by atoms with Gasteiger partial charge in [0.05, 0.1) is 18.0 Å². The summed E-state index contributed by atoms with van der Waals surface area (Å²) in [6.45, 7) is 0.441. The molecule has 18 heavy (non-hydrogen) atoms. The molecule has 0 unspecified atom stereocenters. The number of aromatic nitrogens is 2. The zero-order chi connectivity index (χ0) is 13.0. The number of rotatable bonds is 3. The second kappa shape index (κ2) is 5.01. The summed E-state index contributed by atoms with van der Waals surface area (Å²) in [4.78, 5) is 17.6. The Hall–Kier alpha value is -2.81. The first-order chi connectivity index (χ1) is 8.70. The fourth-order valence-corrected chi connectivity index (χ4v) is 1.49. The summed E-state index contributed by atoms with van der Waals surface area (Å²) in [6, 6.07) is 9.22. The maximum absolute atomic E-state index is 11.2. The van der Waals surface area contributed by atoms with Crippen molar-refractivity contribution in [3.05, 3.63) is 52.1 Å². The van der Waals surface area contributed by atoms with Crippen LogP contribution in [0.15, 0.2) is 35.4 Å². The maximum Gasteiger partial charge on any atom is 0.276 e. The van der Waals surface area contributed by atoms with Crippen LogP contribution in [0, 0.1) is 11.3 Å². The molecule has 2 aromatic rings. The molecule has 0 aliphatic rings. The highest BCUT2D eigenvalue weighted by Gasteiger charge is 2.03. The molecule has 0 spiro atoms. The zero-order valence-corrected chi connectivity index (χ0v) is 9.47. The molecular formula is C12H11N5O. The molecular weight excluding hydrogens is 230 g/mol. The van der Waals surface area contributed by atoms with E-state index in [1.165, 1.54) is 6.33 Å². The molecule has 0 saturated heterocycles. The Bertz CT molecular complexity index is 656. The Morgan fingerprint density at radius 1 is 1.50 bits per heavy atom. The van der Waals surface area contributed by atoms with Crippen molar-refractivity contribution in [2.24, 2.45) is 0 Å². The van der Waals surface area contributed by atoms with Gasteiger partial charge in [-0.25, -0.2) is 4.98 Å². The first-order valence-corrected chi connectivity index (χ1v) is 5.27. The number of benzene rings is 1. The number of nitrogens with two attached hydrogens (primary N) is 1. The van der Waals surface area contributed by atoms with Crippen molar-refractivity contribution in [2.75, 3.05) is 11.1 Å². The number of nitrogen functional groups attached to an aromatic ring is 1. The number of hydrogen-bond donors (Lipinski definition) is 3. The van der Waals surface area contributed by atoms with Crippen molar-refractivity contribution in [3.8, 4) is 6.07 Å². The Kier molecular flexibility index (Phi) is 3.25. The summed E-state index contributed by atoms with van der Waals surface area (Å²) in [6.07, 6.45) is 1.28. The monoisotopic (exact) mass is 241 g/mol. The number of anilines is 2. The molecule has 1 aromatic heterocycles. The van der Waals surface area contributed by atoms with E-state index in [4.69, 9.17) is 11.0 Å². The number of H-pyrrole nitrogens is 1. The first kappa shape index (κ1) is 11.7. The van der Waals surface area contributed by atoms with Gasteiger partial charge in [-0.3, -0.25) is 4.79 Å². The van der Waals surface area contributed by atoms with E-state index in [9.17, 15) is 4.79 Å². The standard InChI is InChI=1S/C12H11N5O/c13-5-8-2-1-3-9(4-8)6-15-11-10(14)12(18)17-7-16-11/h1-4,7H,6,14H2,(H2,15,16,17,18). The molecule has 0 amide bonds. The van der Waals surface area contributed by atoms with Crippen LogP contribution in [-0.2, 0) is 6.54 Å². The Balaban J connectivity index is 2.14. The van der Waals surface area contributed by atoms with Crippen molar-refractivity contribution in [1.82, 2.24) is 9.97 Å². The molecule has 0 aliphatic heterocycles. The zero-order valence-electron chi connectivity index (χ0n) is 9.47. The predicted molar refractivity (Wildman–Crippen MR) is 67.8 cm³/mol. The minimum absolute atomic E-state index is 0.0499. The minimum atomic E-state index is -0.377. The molecule has 90 valence electrons. The molecule has 0 saturated carbocycles. The van der Waals surface area contributed by atoms with Crippen LogP contribution in [0.3, 0.4) is 0 Å². The number of hydrogen-bond acceptors (Lipinski definition) is 5. The van der Waals surface area contributed by atoms with Gasteiger partial charge >= 0.3 is 0 Å². The summed E-state index contributed by atoms with van der Waals surface area (Å²) < 4.78 is 0. The SMILES string of the molecule is N#Cc1cccc(CNc2nc[nH]c(=O)c2N)c1. The highest BCUT2D eigenvalue weighted by atomic mass is 16.1. The molecule has 0 bridgehead atoms. The van der Waals surface area contributed by atoms with Crippen molar-refractivity contribution >= 4 is 11.5 Å². The minimum Gasteiger partial charge on any atom is -0.391 e. The van der Waals surface area contributed by atoms with Crippen molar-refractivity contribution in [3.63, 3.8) is 0 Å². The van der Waals surface area contributed by atoms with Gasteiger partial charge < -0.3 is 16.0 Å². The van der Waals surface area contributed by atoms with E-state index in [0.717, 1.165) is 5.56 Å². The summed E-state index contributed by atoms with van der Waals surface area (Å²) in [5.41, 5.74) is 6.75.